The fraction of sp³-hybridized carbons (Fsp3) is 0.571. The summed E-state index contributed by atoms with van der Waals surface area (Å²) in [6.45, 7) is 11.8. The zero-order chi connectivity index (χ0) is 14.1. The largest absolute Gasteiger partial charge is 0.240 e. The third-order valence-corrected chi connectivity index (χ3v) is 4.96. The molecule has 0 amide bonds. The summed E-state index contributed by atoms with van der Waals surface area (Å²) in [5.41, 5.74) is 1.98. The van der Waals surface area contributed by atoms with Crippen molar-refractivity contribution >= 4 is 10.0 Å². The normalized spacial score (nSPS) is 14.6. The molecule has 0 aliphatic heterocycles. The first-order valence-electron chi connectivity index (χ1n) is 6.13. The van der Waals surface area contributed by atoms with E-state index >= 15 is 0 Å². The number of benzene rings is 1. The Morgan fingerprint density at radius 3 is 2.11 bits per heavy atom. The summed E-state index contributed by atoms with van der Waals surface area (Å²) in [5.74, 6) is 0. The minimum absolute atomic E-state index is 0.104. The van der Waals surface area contributed by atoms with Gasteiger partial charge in [-0.05, 0) is 49.4 Å². The quantitative estimate of drug-likeness (QED) is 0.917. The lowest BCUT2D eigenvalue weighted by Crippen LogP contribution is -2.41. The van der Waals surface area contributed by atoms with Crippen LogP contribution in [0, 0.1) is 19.3 Å². The van der Waals surface area contributed by atoms with Crippen molar-refractivity contribution in [2.75, 3.05) is 0 Å². The summed E-state index contributed by atoms with van der Waals surface area (Å²) >= 11 is 0. The van der Waals surface area contributed by atoms with Crippen molar-refractivity contribution < 1.29 is 8.42 Å². The van der Waals surface area contributed by atoms with Crippen LogP contribution in [0.2, 0.25) is 0 Å². The van der Waals surface area contributed by atoms with Gasteiger partial charge in [0.1, 0.15) is 0 Å². The third kappa shape index (κ3) is 3.56. The van der Waals surface area contributed by atoms with Gasteiger partial charge in [0.2, 0.25) is 10.0 Å². The van der Waals surface area contributed by atoms with Crippen LogP contribution in [0.5, 0.6) is 0 Å². The van der Waals surface area contributed by atoms with Gasteiger partial charge in [0.15, 0.2) is 0 Å². The van der Waals surface area contributed by atoms with E-state index in [2.05, 4.69) is 4.72 Å². The first kappa shape index (κ1) is 15.2. The lowest BCUT2D eigenvalue weighted by molar-refractivity contribution is 0.317. The van der Waals surface area contributed by atoms with Crippen LogP contribution in [-0.2, 0) is 10.0 Å². The zero-order valence-electron chi connectivity index (χ0n) is 12.0. The van der Waals surface area contributed by atoms with Crippen molar-refractivity contribution in [2.24, 2.45) is 5.41 Å². The van der Waals surface area contributed by atoms with Gasteiger partial charge in [0.05, 0.1) is 4.90 Å². The van der Waals surface area contributed by atoms with Crippen LogP contribution in [-0.4, -0.2) is 14.5 Å². The average Bonchev–Trinajstić information content (AvgIpc) is 2.19. The van der Waals surface area contributed by atoms with Gasteiger partial charge in [0, 0.05) is 6.04 Å². The molecule has 0 spiro atoms. The molecule has 0 aromatic heterocycles. The van der Waals surface area contributed by atoms with Crippen LogP contribution in [0.3, 0.4) is 0 Å². The summed E-state index contributed by atoms with van der Waals surface area (Å²) in [6, 6.07) is 5.09. The van der Waals surface area contributed by atoms with Crippen LogP contribution in [0.15, 0.2) is 23.1 Å². The van der Waals surface area contributed by atoms with E-state index in [9.17, 15) is 8.42 Å². The number of sulfonamides is 1. The highest BCUT2D eigenvalue weighted by Gasteiger charge is 2.25. The van der Waals surface area contributed by atoms with Crippen LogP contribution >= 0.6 is 0 Å². The predicted molar refractivity (Wildman–Crippen MR) is 75.2 cm³/mol. The summed E-state index contributed by atoms with van der Waals surface area (Å²) in [5, 5.41) is 0. The standard InChI is InChI=1S/C14H23NO2S/c1-10-7-8-13(9-11(10)2)18(16,17)15-12(3)14(4,5)6/h7-9,12,15H,1-6H3. The number of hydrogen-bond donors (Lipinski definition) is 1. The van der Waals surface area contributed by atoms with Gasteiger partial charge in [-0.2, -0.15) is 0 Å². The Kier molecular flexibility index (Phi) is 4.23. The highest BCUT2D eigenvalue weighted by atomic mass is 32.2. The number of hydrogen-bond acceptors (Lipinski definition) is 2. The van der Waals surface area contributed by atoms with Crippen LogP contribution < -0.4 is 4.72 Å². The number of aryl methyl sites for hydroxylation is 2. The van der Waals surface area contributed by atoms with Crippen LogP contribution in [0.4, 0.5) is 0 Å². The Hall–Kier alpha value is -0.870. The van der Waals surface area contributed by atoms with E-state index in [4.69, 9.17) is 0 Å². The first-order valence-corrected chi connectivity index (χ1v) is 7.62. The molecule has 102 valence electrons. The summed E-state index contributed by atoms with van der Waals surface area (Å²) in [6.07, 6.45) is 0. The number of nitrogens with one attached hydrogen (secondary N) is 1. The van der Waals surface area contributed by atoms with Crippen molar-refractivity contribution in [2.45, 2.75) is 52.5 Å². The fourth-order valence-electron chi connectivity index (χ4n) is 1.36. The molecule has 0 saturated carbocycles. The summed E-state index contributed by atoms with van der Waals surface area (Å²) in [4.78, 5) is 0.335. The van der Waals surface area contributed by atoms with Crippen molar-refractivity contribution in [3.63, 3.8) is 0 Å². The maximum absolute atomic E-state index is 12.2. The second-order valence-electron chi connectivity index (χ2n) is 5.96. The summed E-state index contributed by atoms with van der Waals surface area (Å²) in [7, 11) is -3.43. The highest BCUT2D eigenvalue weighted by molar-refractivity contribution is 7.89. The smallest absolute Gasteiger partial charge is 0.208 e. The Morgan fingerprint density at radius 1 is 1.11 bits per heavy atom. The molecule has 0 heterocycles. The lowest BCUT2D eigenvalue weighted by atomic mass is 9.89. The van der Waals surface area contributed by atoms with Gasteiger partial charge in [-0.25, -0.2) is 13.1 Å². The molecule has 0 aliphatic carbocycles. The topological polar surface area (TPSA) is 46.2 Å². The fourth-order valence-corrected chi connectivity index (χ4v) is 2.89. The van der Waals surface area contributed by atoms with E-state index in [1.165, 1.54) is 0 Å². The van der Waals surface area contributed by atoms with E-state index in [-0.39, 0.29) is 11.5 Å². The molecular weight excluding hydrogens is 246 g/mol. The molecule has 1 atom stereocenters. The summed E-state index contributed by atoms with van der Waals surface area (Å²) < 4.78 is 27.2. The second-order valence-corrected chi connectivity index (χ2v) is 7.67. The average molecular weight is 269 g/mol. The van der Waals surface area contributed by atoms with Crippen molar-refractivity contribution in [1.29, 1.82) is 0 Å². The van der Waals surface area contributed by atoms with Crippen molar-refractivity contribution in [1.82, 2.24) is 4.72 Å². The SMILES string of the molecule is Cc1ccc(S(=O)(=O)NC(C)C(C)(C)C)cc1C. The molecule has 1 aromatic carbocycles. The highest BCUT2D eigenvalue weighted by Crippen LogP contribution is 2.21. The van der Waals surface area contributed by atoms with Gasteiger partial charge < -0.3 is 0 Å². The van der Waals surface area contributed by atoms with Gasteiger partial charge in [0.25, 0.3) is 0 Å². The lowest BCUT2D eigenvalue weighted by Gasteiger charge is -2.27. The minimum atomic E-state index is -3.43. The monoisotopic (exact) mass is 269 g/mol. The molecule has 1 rings (SSSR count). The Bertz CT molecular complexity index is 527. The molecule has 0 aliphatic rings. The molecule has 1 unspecified atom stereocenters. The van der Waals surface area contributed by atoms with E-state index < -0.39 is 10.0 Å². The van der Waals surface area contributed by atoms with Crippen molar-refractivity contribution in [3.05, 3.63) is 29.3 Å². The molecule has 0 bridgehead atoms. The molecule has 3 nitrogen and oxygen atoms in total. The first-order chi connectivity index (χ1) is 8.04. The molecule has 1 N–H and O–H groups in total. The maximum Gasteiger partial charge on any atom is 0.240 e. The van der Waals surface area contributed by atoms with E-state index in [0.717, 1.165) is 11.1 Å². The molecule has 4 heteroatoms. The van der Waals surface area contributed by atoms with Crippen LogP contribution in [0.1, 0.15) is 38.8 Å². The Labute approximate surface area is 111 Å². The predicted octanol–water partition coefficient (Wildman–Crippen LogP) is 3.02. The molecule has 0 radical (unpaired) electrons. The number of rotatable bonds is 3. The molecule has 0 saturated heterocycles. The maximum atomic E-state index is 12.2. The van der Waals surface area contributed by atoms with Gasteiger partial charge in [-0.3, -0.25) is 0 Å². The Balaban J connectivity index is 3.04. The molecule has 0 fully saturated rings. The molecule has 1 aromatic rings. The molecular formula is C14H23NO2S. The second kappa shape index (κ2) is 5.02. The van der Waals surface area contributed by atoms with Gasteiger partial charge in [-0.1, -0.05) is 26.8 Å². The van der Waals surface area contributed by atoms with Crippen LogP contribution in [0.25, 0.3) is 0 Å². The minimum Gasteiger partial charge on any atom is -0.208 e. The zero-order valence-corrected chi connectivity index (χ0v) is 12.9. The third-order valence-electron chi connectivity index (χ3n) is 3.42. The molecule has 18 heavy (non-hydrogen) atoms. The van der Waals surface area contributed by atoms with Gasteiger partial charge in [-0.15, -0.1) is 0 Å². The van der Waals surface area contributed by atoms with E-state index in [1.807, 2.05) is 47.6 Å². The van der Waals surface area contributed by atoms with E-state index in [0.29, 0.717) is 4.90 Å². The van der Waals surface area contributed by atoms with Crippen molar-refractivity contribution in [3.8, 4) is 0 Å². The van der Waals surface area contributed by atoms with E-state index in [1.54, 1.807) is 12.1 Å². The Morgan fingerprint density at radius 2 is 1.67 bits per heavy atom. The van der Waals surface area contributed by atoms with Gasteiger partial charge >= 0.3 is 0 Å².